The molecule has 0 amide bonds. The van der Waals surface area contributed by atoms with E-state index in [1.165, 1.54) is 11.3 Å². The van der Waals surface area contributed by atoms with Crippen LogP contribution in [0.5, 0.6) is 0 Å². The Hall–Kier alpha value is -4.00. The molecule has 6 rings (SSSR count). The maximum absolute atomic E-state index is 6.54. The average Bonchev–Trinajstić information content (AvgIpc) is 3.50. The van der Waals surface area contributed by atoms with Crippen LogP contribution in [-0.4, -0.2) is 21.2 Å². The van der Waals surface area contributed by atoms with Gasteiger partial charge in [-0.15, -0.1) is 11.3 Å². The van der Waals surface area contributed by atoms with Crippen LogP contribution in [0.3, 0.4) is 0 Å². The van der Waals surface area contributed by atoms with E-state index in [2.05, 4.69) is 32.6 Å². The Morgan fingerprint density at radius 2 is 1.68 bits per heavy atom. The number of hydrazone groups is 1. The van der Waals surface area contributed by atoms with Crippen molar-refractivity contribution in [3.8, 4) is 22.5 Å². The molecule has 2 N–H and O–H groups in total. The maximum atomic E-state index is 6.54. The lowest BCUT2D eigenvalue weighted by Gasteiger charge is -2.07. The van der Waals surface area contributed by atoms with E-state index in [0.29, 0.717) is 5.02 Å². The van der Waals surface area contributed by atoms with E-state index in [9.17, 15) is 0 Å². The van der Waals surface area contributed by atoms with Gasteiger partial charge in [-0.05, 0) is 18.2 Å². The maximum Gasteiger partial charge on any atom is 0.203 e. The highest BCUT2D eigenvalue weighted by Gasteiger charge is 2.15. The number of halogens is 1. The van der Waals surface area contributed by atoms with E-state index in [0.717, 1.165) is 55.1 Å². The Bertz CT molecular complexity index is 1650. The predicted octanol–water partition coefficient (Wildman–Crippen LogP) is 7.61. The number of aromatic nitrogens is 3. The first-order valence-electron chi connectivity index (χ1n) is 10.7. The molecule has 0 aliphatic rings. The number of pyridine rings is 1. The standard InChI is InChI=1S/C27H18ClN5S/c28-22-12-6-4-11-20(22)25-26-21(19-10-5-7-13-23(19)31-26)14-18(30-25)15-29-33-27-32-24(16-34-27)17-8-2-1-3-9-17/h1-16,31H,(H,32,33)/b29-15+. The highest BCUT2D eigenvalue weighted by Crippen LogP contribution is 2.35. The zero-order valence-electron chi connectivity index (χ0n) is 17.9. The van der Waals surface area contributed by atoms with Gasteiger partial charge >= 0.3 is 0 Å². The average molecular weight is 480 g/mol. The number of benzene rings is 3. The Morgan fingerprint density at radius 1 is 0.882 bits per heavy atom. The van der Waals surface area contributed by atoms with Crippen molar-refractivity contribution in [2.75, 3.05) is 5.43 Å². The molecule has 164 valence electrons. The number of thiazole rings is 1. The Labute approximate surface area is 204 Å². The molecule has 6 aromatic rings. The molecule has 3 aromatic heterocycles. The van der Waals surface area contributed by atoms with Crippen LogP contribution in [-0.2, 0) is 0 Å². The fourth-order valence-corrected chi connectivity index (χ4v) is 4.89. The van der Waals surface area contributed by atoms with Gasteiger partial charge in [0, 0.05) is 32.8 Å². The summed E-state index contributed by atoms with van der Waals surface area (Å²) < 4.78 is 0. The van der Waals surface area contributed by atoms with E-state index in [4.69, 9.17) is 16.6 Å². The Balaban J connectivity index is 1.38. The molecular formula is C27H18ClN5S. The van der Waals surface area contributed by atoms with Crippen LogP contribution < -0.4 is 5.43 Å². The van der Waals surface area contributed by atoms with Crippen molar-refractivity contribution >= 4 is 56.1 Å². The SMILES string of the molecule is Clc1ccccc1-c1nc(/C=N/Nc2nc(-c3ccccc3)cs2)cc2c1[nH]c1ccccc12. The highest BCUT2D eigenvalue weighted by molar-refractivity contribution is 7.14. The van der Waals surface area contributed by atoms with Crippen LogP contribution in [0.1, 0.15) is 5.69 Å². The third-order valence-corrected chi connectivity index (χ3v) is 6.65. The van der Waals surface area contributed by atoms with Gasteiger partial charge < -0.3 is 4.98 Å². The molecule has 5 nitrogen and oxygen atoms in total. The number of para-hydroxylation sites is 1. The van der Waals surface area contributed by atoms with Crippen molar-refractivity contribution in [3.63, 3.8) is 0 Å². The molecule has 0 fully saturated rings. The van der Waals surface area contributed by atoms with E-state index in [1.807, 2.05) is 78.2 Å². The monoisotopic (exact) mass is 479 g/mol. The number of H-pyrrole nitrogens is 1. The van der Waals surface area contributed by atoms with Gasteiger partial charge in [-0.25, -0.2) is 9.97 Å². The van der Waals surface area contributed by atoms with Gasteiger partial charge in [0.05, 0.1) is 33.8 Å². The zero-order chi connectivity index (χ0) is 22.9. The van der Waals surface area contributed by atoms with Crippen LogP contribution in [0.15, 0.2) is 95.4 Å². The van der Waals surface area contributed by atoms with Gasteiger partial charge in [0.15, 0.2) is 0 Å². The summed E-state index contributed by atoms with van der Waals surface area (Å²) in [7, 11) is 0. The van der Waals surface area contributed by atoms with E-state index >= 15 is 0 Å². The lowest BCUT2D eigenvalue weighted by molar-refractivity contribution is 1.27. The summed E-state index contributed by atoms with van der Waals surface area (Å²) >= 11 is 8.05. The summed E-state index contributed by atoms with van der Waals surface area (Å²) in [5, 5.41) is 10.00. The van der Waals surface area contributed by atoms with Crippen LogP contribution >= 0.6 is 22.9 Å². The molecule has 0 unspecified atom stereocenters. The highest BCUT2D eigenvalue weighted by atomic mass is 35.5. The summed E-state index contributed by atoms with van der Waals surface area (Å²) in [5.74, 6) is 0. The second kappa shape index (κ2) is 8.74. The number of nitrogens with zero attached hydrogens (tertiary/aromatic N) is 3. The second-order valence-electron chi connectivity index (χ2n) is 7.74. The normalized spacial score (nSPS) is 11.6. The lowest BCUT2D eigenvalue weighted by atomic mass is 10.1. The molecule has 7 heteroatoms. The van der Waals surface area contributed by atoms with Gasteiger partial charge in [-0.1, -0.05) is 78.3 Å². The summed E-state index contributed by atoms with van der Waals surface area (Å²) in [6.45, 7) is 0. The van der Waals surface area contributed by atoms with Crippen LogP contribution in [0.25, 0.3) is 44.3 Å². The summed E-state index contributed by atoms with van der Waals surface area (Å²) in [4.78, 5) is 13.0. The smallest absolute Gasteiger partial charge is 0.203 e. The fourth-order valence-electron chi connectivity index (χ4n) is 4.00. The van der Waals surface area contributed by atoms with Crippen molar-refractivity contribution < 1.29 is 0 Å². The lowest BCUT2D eigenvalue weighted by Crippen LogP contribution is -1.96. The molecule has 0 spiro atoms. The number of aromatic amines is 1. The van der Waals surface area contributed by atoms with E-state index in [1.54, 1.807) is 6.21 Å². The number of hydrogen-bond donors (Lipinski definition) is 2. The van der Waals surface area contributed by atoms with Crippen molar-refractivity contribution in [1.82, 2.24) is 15.0 Å². The molecule has 0 saturated heterocycles. The van der Waals surface area contributed by atoms with E-state index < -0.39 is 0 Å². The molecule has 3 heterocycles. The van der Waals surface area contributed by atoms with Gasteiger partial charge in [0.25, 0.3) is 0 Å². The fraction of sp³-hybridized carbons (Fsp3) is 0. The zero-order valence-corrected chi connectivity index (χ0v) is 19.4. The third kappa shape index (κ3) is 3.83. The molecule has 3 aromatic carbocycles. The number of fused-ring (bicyclic) bond motifs is 3. The van der Waals surface area contributed by atoms with Gasteiger partial charge in [-0.2, -0.15) is 5.10 Å². The summed E-state index contributed by atoms with van der Waals surface area (Å²) in [5.41, 5.74) is 9.42. The van der Waals surface area contributed by atoms with Crippen LogP contribution in [0.2, 0.25) is 5.02 Å². The van der Waals surface area contributed by atoms with Crippen molar-refractivity contribution in [3.05, 3.63) is 101 Å². The minimum Gasteiger partial charge on any atom is -0.353 e. The number of rotatable bonds is 5. The molecular weight excluding hydrogens is 462 g/mol. The first kappa shape index (κ1) is 20.6. The largest absolute Gasteiger partial charge is 0.353 e. The van der Waals surface area contributed by atoms with Crippen LogP contribution in [0.4, 0.5) is 5.13 Å². The second-order valence-corrected chi connectivity index (χ2v) is 9.01. The summed E-state index contributed by atoms with van der Waals surface area (Å²) in [6, 6.07) is 28.1. The summed E-state index contributed by atoms with van der Waals surface area (Å²) in [6.07, 6.45) is 1.71. The number of nitrogens with one attached hydrogen (secondary N) is 2. The minimum atomic E-state index is 0.651. The van der Waals surface area contributed by atoms with Crippen molar-refractivity contribution in [1.29, 1.82) is 0 Å². The first-order chi connectivity index (χ1) is 16.8. The number of hydrogen-bond acceptors (Lipinski definition) is 5. The molecule has 0 saturated carbocycles. The van der Waals surface area contributed by atoms with E-state index in [-0.39, 0.29) is 0 Å². The van der Waals surface area contributed by atoms with Crippen LogP contribution in [0, 0.1) is 0 Å². The molecule has 0 radical (unpaired) electrons. The quantitative estimate of drug-likeness (QED) is 0.197. The topological polar surface area (TPSA) is 66.0 Å². The molecule has 0 atom stereocenters. The molecule has 0 bridgehead atoms. The predicted molar refractivity (Wildman–Crippen MR) is 143 cm³/mol. The van der Waals surface area contributed by atoms with Gasteiger partial charge in [0.2, 0.25) is 5.13 Å². The van der Waals surface area contributed by atoms with Gasteiger partial charge in [-0.3, -0.25) is 5.43 Å². The molecule has 0 aliphatic heterocycles. The Morgan fingerprint density at radius 3 is 2.56 bits per heavy atom. The first-order valence-corrected chi connectivity index (χ1v) is 12.0. The van der Waals surface area contributed by atoms with Crippen molar-refractivity contribution in [2.24, 2.45) is 5.10 Å². The van der Waals surface area contributed by atoms with Crippen molar-refractivity contribution in [2.45, 2.75) is 0 Å². The molecule has 34 heavy (non-hydrogen) atoms. The third-order valence-electron chi connectivity index (χ3n) is 5.58. The minimum absolute atomic E-state index is 0.651. The molecule has 0 aliphatic carbocycles. The Kier molecular flexibility index (Phi) is 5.30. The number of anilines is 1. The van der Waals surface area contributed by atoms with Gasteiger partial charge in [0.1, 0.15) is 0 Å².